The minimum absolute atomic E-state index is 0.236. The maximum Gasteiger partial charge on any atom is 0.0898 e. The van der Waals surface area contributed by atoms with Crippen LogP contribution in [0.1, 0.15) is 30.1 Å². The van der Waals surface area contributed by atoms with Crippen LogP contribution in [0.25, 0.3) is 0 Å². The van der Waals surface area contributed by atoms with Gasteiger partial charge in [-0.05, 0) is 26.8 Å². The van der Waals surface area contributed by atoms with Crippen molar-refractivity contribution in [2.45, 2.75) is 32.4 Å². The van der Waals surface area contributed by atoms with Crippen LogP contribution in [0.4, 0.5) is 0 Å². The first-order chi connectivity index (χ1) is 7.63. The maximum atomic E-state index is 9.46. The quantitative estimate of drug-likeness (QED) is 0.763. The third-order valence-corrected chi connectivity index (χ3v) is 3.16. The van der Waals surface area contributed by atoms with Gasteiger partial charge in [-0.1, -0.05) is 0 Å². The Kier molecular flexibility index (Phi) is 5.90. The first-order valence-electron chi connectivity index (χ1n) is 5.46. The Morgan fingerprint density at radius 1 is 1.62 bits per heavy atom. The van der Waals surface area contributed by atoms with Crippen molar-refractivity contribution in [1.29, 1.82) is 0 Å². The average molecular weight is 244 g/mol. The van der Waals surface area contributed by atoms with E-state index in [1.54, 1.807) is 18.4 Å². The normalized spacial score (nSPS) is 15.0. The second-order valence-electron chi connectivity index (χ2n) is 3.87. The van der Waals surface area contributed by atoms with E-state index in [-0.39, 0.29) is 12.1 Å². The zero-order valence-electron chi connectivity index (χ0n) is 10.1. The van der Waals surface area contributed by atoms with Crippen LogP contribution in [0.3, 0.4) is 0 Å². The summed E-state index contributed by atoms with van der Waals surface area (Å²) in [5.41, 5.74) is 1.07. The van der Waals surface area contributed by atoms with Crippen molar-refractivity contribution < 1.29 is 9.84 Å². The second-order valence-corrected chi connectivity index (χ2v) is 4.93. The number of hydrogen-bond acceptors (Lipinski definition) is 5. The number of aryl methyl sites for hydroxylation is 1. The van der Waals surface area contributed by atoms with Gasteiger partial charge >= 0.3 is 0 Å². The number of aliphatic hydroxyl groups is 1. The molecule has 0 bridgehead atoms. The summed E-state index contributed by atoms with van der Waals surface area (Å²) in [7, 11) is 1.59. The van der Waals surface area contributed by atoms with Crippen molar-refractivity contribution >= 4 is 11.3 Å². The molecule has 1 aromatic heterocycles. The van der Waals surface area contributed by atoms with Crippen LogP contribution in [-0.4, -0.2) is 36.5 Å². The van der Waals surface area contributed by atoms with Crippen molar-refractivity contribution in [1.82, 2.24) is 10.3 Å². The summed E-state index contributed by atoms with van der Waals surface area (Å²) in [6.07, 6.45) is 0.309. The van der Waals surface area contributed by atoms with Gasteiger partial charge in [-0.2, -0.15) is 0 Å². The third-order valence-electron chi connectivity index (χ3n) is 2.37. The summed E-state index contributed by atoms with van der Waals surface area (Å²) in [6, 6.07) is 0.236. The SMILES string of the molecule is COCC(O)CCNC(C)c1csc(C)n1. The zero-order chi connectivity index (χ0) is 12.0. The van der Waals surface area contributed by atoms with E-state index in [1.807, 2.05) is 6.92 Å². The Morgan fingerprint density at radius 2 is 2.38 bits per heavy atom. The number of methoxy groups -OCH3 is 1. The summed E-state index contributed by atoms with van der Waals surface area (Å²) in [4.78, 5) is 4.41. The molecule has 0 aliphatic heterocycles. The number of ether oxygens (including phenoxy) is 1. The molecule has 1 aromatic rings. The lowest BCUT2D eigenvalue weighted by Gasteiger charge is -2.13. The van der Waals surface area contributed by atoms with Gasteiger partial charge in [0.1, 0.15) is 0 Å². The van der Waals surface area contributed by atoms with Crippen LogP contribution in [0.5, 0.6) is 0 Å². The number of thiazole rings is 1. The molecule has 16 heavy (non-hydrogen) atoms. The van der Waals surface area contributed by atoms with Crippen LogP contribution >= 0.6 is 11.3 Å². The molecule has 0 saturated carbocycles. The van der Waals surface area contributed by atoms with Gasteiger partial charge in [0.15, 0.2) is 0 Å². The molecule has 0 amide bonds. The van der Waals surface area contributed by atoms with Crippen molar-refractivity contribution in [2.75, 3.05) is 20.3 Å². The molecular formula is C11H20N2O2S. The summed E-state index contributed by atoms with van der Waals surface area (Å²) >= 11 is 1.66. The Hall–Kier alpha value is -0.490. The molecule has 2 unspecified atom stereocenters. The fourth-order valence-corrected chi connectivity index (χ4v) is 2.13. The monoisotopic (exact) mass is 244 g/mol. The minimum atomic E-state index is -0.387. The second kappa shape index (κ2) is 6.96. The van der Waals surface area contributed by atoms with E-state index in [9.17, 15) is 5.11 Å². The van der Waals surface area contributed by atoms with Crippen LogP contribution in [0.2, 0.25) is 0 Å². The molecule has 0 aliphatic carbocycles. The number of aromatic nitrogens is 1. The largest absolute Gasteiger partial charge is 0.391 e. The number of nitrogens with one attached hydrogen (secondary N) is 1. The molecule has 0 aliphatic rings. The van der Waals surface area contributed by atoms with E-state index in [2.05, 4.69) is 22.6 Å². The Bertz CT molecular complexity index is 304. The van der Waals surface area contributed by atoms with Crippen LogP contribution in [0.15, 0.2) is 5.38 Å². The lowest BCUT2D eigenvalue weighted by atomic mass is 10.2. The predicted octanol–water partition coefficient (Wildman–Crippen LogP) is 1.50. The lowest BCUT2D eigenvalue weighted by molar-refractivity contribution is 0.0590. The Morgan fingerprint density at radius 3 is 2.94 bits per heavy atom. The van der Waals surface area contributed by atoms with E-state index < -0.39 is 0 Å². The molecule has 1 rings (SSSR count). The van der Waals surface area contributed by atoms with Crippen molar-refractivity contribution in [3.8, 4) is 0 Å². The van der Waals surface area contributed by atoms with Gasteiger partial charge in [0, 0.05) is 18.5 Å². The van der Waals surface area contributed by atoms with Gasteiger partial charge in [0.05, 0.1) is 23.4 Å². The Balaban J connectivity index is 2.22. The smallest absolute Gasteiger partial charge is 0.0898 e. The molecule has 2 N–H and O–H groups in total. The molecule has 92 valence electrons. The van der Waals surface area contributed by atoms with E-state index >= 15 is 0 Å². The van der Waals surface area contributed by atoms with E-state index in [0.717, 1.165) is 17.2 Å². The van der Waals surface area contributed by atoms with Gasteiger partial charge in [0.2, 0.25) is 0 Å². The molecular weight excluding hydrogens is 224 g/mol. The highest BCUT2D eigenvalue weighted by Gasteiger charge is 2.09. The highest BCUT2D eigenvalue weighted by Crippen LogP contribution is 2.15. The van der Waals surface area contributed by atoms with E-state index in [1.165, 1.54) is 0 Å². The molecule has 1 heterocycles. The molecule has 0 saturated heterocycles. The molecule has 0 radical (unpaired) electrons. The van der Waals surface area contributed by atoms with Crippen LogP contribution in [0, 0.1) is 6.92 Å². The number of nitrogens with zero attached hydrogens (tertiary/aromatic N) is 1. The molecule has 0 aromatic carbocycles. The summed E-state index contributed by atoms with van der Waals surface area (Å²) in [6.45, 7) is 5.24. The zero-order valence-corrected chi connectivity index (χ0v) is 10.9. The van der Waals surface area contributed by atoms with Crippen molar-refractivity contribution in [3.63, 3.8) is 0 Å². The summed E-state index contributed by atoms with van der Waals surface area (Å²) in [5.74, 6) is 0. The lowest BCUT2D eigenvalue weighted by Crippen LogP contribution is -2.25. The maximum absolute atomic E-state index is 9.46. The third kappa shape index (κ3) is 4.57. The Labute approximate surface area is 101 Å². The fourth-order valence-electron chi connectivity index (χ4n) is 1.43. The van der Waals surface area contributed by atoms with Crippen molar-refractivity contribution in [3.05, 3.63) is 16.1 Å². The summed E-state index contributed by atoms with van der Waals surface area (Å²) in [5, 5.41) is 15.9. The van der Waals surface area contributed by atoms with Crippen LogP contribution < -0.4 is 5.32 Å². The van der Waals surface area contributed by atoms with E-state index in [0.29, 0.717) is 13.0 Å². The van der Waals surface area contributed by atoms with Gasteiger partial charge in [-0.15, -0.1) is 11.3 Å². The first kappa shape index (κ1) is 13.6. The van der Waals surface area contributed by atoms with E-state index in [4.69, 9.17) is 4.74 Å². The summed E-state index contributed by atoms with van der Waals surface area (Å²) < 4.78 is 4.86. The number of rotatable bonds is 7. The molecule has 0 fully saturated rings. The number of aliphatic hydroxyl groups excluding tert-OH is 1. The van der Waals surface area contributed by atoms with Gasteiger partial charge in [-0.3, -0.25) is 0 Å². The highest BCUT2D eigenvalue weighted by atomic mass is 32.1. The average Bonchev–Trinajstić information content (AvgIpc) is 2.65. The topological polar surface area (TPSA) is 54.4 Å². The standard InChI is InChI=1S/C11H20N2O2S/c1-8(11-7-16-9(2)13-11)12-5-4-10(14)6-15-3/h7-8,10,12,14H,4-6H2,1-3H3. The predicted molar refractivity (Wildman–Crippen MR) is 65.8 cm³/mol. The molecule has 2 atom stereocenters. The van der Waals surface area contributed by atoms with Gasteiger partial charge in [-0.25, -0.2) is 4.98 Å². The first-order valence-corrected chi connectivity index (χ1v) is 6.34. The van der Waals surface area contributed by atoms with Crippen molar-refractivity contribution in [2.24, 2.45) is 0 Å². The van der Waals surface area contributed by atoms with Gasteiger partial charge < -0.3 is 15.2 Å². The molecule has 4 nitrogen and oxygen atoms in total. The molecule has 5 heteroatoms. The number of hydrogen-bond donors (Lipinski definition) is 2. The molecule has 0 spiro atoms. The van der Waals surface area contributed by atoms with Crippen LogP contribution in [-0.2, 0) is 4.74 Å². The van der Waals surface area contributed by atoms with Gasteiger partial charge in [0.25, 0.3) is 0 Å². The fraction of sp³-hybridized carbons (Fsp3) is 0.727. The minimum Gasteiger partial charge on any atom is -0.391 e. The highest BCUT2D eigenvalue weighted by molar-refractivity contribution is 7.09.